The van der Waals surface area contributed by atoms with Gasteiger partial charge in [0.05, 0.1) is 0 Å². The summed E-state index contributed by atoms with van der Waals surface area (Å²) in [5, 5.41) is 0. The number of ether oxygens (including phenoxy) is 1. The van der Waals surface area contributed by atoms with Gasteiger partial charge < -0.3 is 4.74 Å². The zero-order valence-corrected chi connectivity index (χ0v) is 7.88. The molecule has 1 aromatic rings. The normalized spacial score (nSPS) is 10.4. The van der Waals surface area contributed by atoms with Crippen molar-refractivity contribution in [1.82, 2.24) is 0 Å². The molecule has 0 unspecified atom stereocenters. The first-order chi connectivity index (χ1) is 6.52. The summed E-state index contributed by atoms with van der Waals surface area (Å²) in [4.78, 5) is 11.1. The SMILES string of the molecule is CC(=O)c1cccc(OC(F)F)c1C. The highest BCUT2D eigenvalue weighted by Crippen LogP contribution is 2.23. The van der Waals surface area contributed by atoms with Crippen LogP contribution in [0.2, 0.25) is 0 Å². The fourth-order valence-corrected chi connectivity index (χ4v) is 1.22. The summed E-state index contributed by atoms with van der Waals surface area (Å²) < 4.78 is 28.1. The zero-order valence-electron chi connectivity index (χ0n) is 7.88. The van der Waals surface area contributed by atoms with Crippen molar-refractivity contribution in [3.05, 3.63) is 29.3 Å². The predicted molar refractivity (Wildman–Crippen MR) is 47.8 cm³/mol. The summed E-state index contributed by atoms with van der Waals surface area (Å²) >= 11 is 0. The van der Waals surface area contributed by atoms with Crippen molar-refractivity contribution in [2.75, 3.05) is 0 Å². The number of carbonyl (C=O) groups excluding carboxylic acids is 1. The van der Waals surface area contributed by atoms with E-state index >= 15 is 0 Å². The first-order valence-electron chi connectivity index (χ1n) is 4.07. The number of alkyl halides is 2. The highest BCUT2D eigenvalue weighted by atomic mass is 19.3. The minimum atomic E-state index is -2.86. The second-order valence-electron chi connectivity index (χ2n) is 2.86. The summed E-state index contributed by atoms with van der Waals surface area (Å²) in [5.41, 5.74) is 0.850. The molecule has 0 aliphatic rings. The third-order valence-electron chi connectivity index (χ3n) is 1.88. The second-order valence-corrected chi connectivity index (χ2v) is 2.86. The molecule has 0 saturated heterocycles. The van der Waals surface area contributed by atoms with E-state index in [9.17, 15) is 13.6 Å². The van der Waals surface area contributed by atoms with Gasteiger partial charge in [0, 0.05) is 11.1 Å². The molecular formula is C10H10F2O2. The van der Waals surface area contributed by atoms with Gasteiger partial charge in [-0.2, -0.15) is 8.78 Å². The Morgan fingerprint density at radius 1 is 1.43 bits per heavy atom. The van der Waals surface area contributed by atoms with Crippen molar-refractivity contribution >= 4 is 5.78 Å². The largest absolute Gasteiger partial charge is 0.435 e. The Bertz CT molecular complexity index is 348. The molecule has 0 bridgehead atoms. The molecule has 0 aliphatic carbocycles. The monoisotopic (exact) mass is 200 g/mol. The van der Waals surface area contributed by atoms with Crippen molar-refractivity contribution in [2.24, 2.45) is 0 Å². The Kier molecular flexibility index (Phi) is 3.17. The van der Waals surface area contributed by atoms with E-state index in [0.717, 1.165) is 0 Å². The zero-order chi connectivity index (χ0) is 10.7. The number of ketones is 1. The highest BCUT2D eigenvalue weighted by Gasteiger charge is 2.11. The average Bonchev–Trinajstić information content (AvgIpc) is 2.07. The molecule has 2 nitrogen and oxygen atoms in total. The molecule has 0 atom stereocenters. The number of carbonyl (C=O) groups is 1. The van der Waals surface area contributed by atoms with Crippen LogP contribution in [0.15, 0.2) is 18.2 Å². The number of Topliss-reactive ketones (excluding diaryl/α,β-unsaturated/α-hetero) is 1. The van der Waals surface area contributed by atoms with Crippen LogP contribution in [0.25, 0.3) is 0 Å². The second kappa shape index (κ2) is 4.17. The van der Waals surface area contributed by atoms with Crippen molar-refractivity contribution in [3.8, 4) is 5.75 Å². The fourth-order valence-electron chi connectivity index (χ4n) is 1.22. The molecule has 0 radical (unpaired) electrons. The number of hydrogen-bond donors (Lipinski definition) is 0. The van der Waals surface area contributed by atoms with Gasteiger partial charge in [-0.3, -0.25) is 4.79 Å². The van der Waals surface area contributed by atoms with E-state index < -0.39 is 6.61 Å². The van der Waals surface area contributed by atoms with E-state index in [1.807, 2.05) is 0 Å². The molecule has 1 aromatic carbocycles. The molecule has 0 saturated carbocycles. The van der Waals surface area contributed by atoms with Crippen LogP contribution in [-0.4, -0.2) is 12.4 Å². The Labute approximate surface area is 80.5 Å². The lowest BCUT2D eigenvalue weighted by molar-refractivity contribution is -0.0503. The average molecular weight is 200 g/mol. The number of hydrogen-bond acceptors (Lipinski definition) is 2. The van der Waals surface area contributed by atoms with Crippen molar-refractivity contribution < 1.29 is 18.3 Å². The molecule has 0 aliphatic heterocycles. The van der Waals surface area contributed by atoms with Crippen LogP contribution < -0.4 is 4.74 Å². The van der Waals surface area contributed by atoms with E-state index in [2.05, 4.69) is 4.74 Å². The third kappa shape index (κ3) is 2.28. The number of benzene rings is 1. The van der Waals surface area contributed by atoms with E-state index in [-0.39, 0.29) is 11.5 Å². The maximum absolute atomic E-state index is 11.9. The molecular weight excluding hydrogens is 190 g/mol. The maximum atomic E-state index is 11.9. The lowest BCUT2D eigenvalue weighted by Gasteiger charge is -2.09. The third-order valence-corrected chi connectivity index (χ3v) is 1.88. The van der Waals surface area contributed by atoms with Crippen LogP contribution in [0.1, 0.15) is 22.8 Å². The molecule has 0 fully saturated rings. The van der Waals surface area contributed by atoms with Gasteiger partial charge in [0.25, 0.3) is 0 Å². The Morgan fingerprint density at radius 2 is 2.07 bits per heavy atom. The summed E-state index contributed by atoms with van der Waals surface area (Å²) in [5.74, 6) is -0.116. The molecule has 0 spiro atoms. The summed E-state index contributed by atoms with van der Waals surface area (Å²) in [6.45, 7) is 0.0963. The van der Waals surface area contributed by atoms with E-state index in [1.165, 1.54) is 19.1 Å². The van der Waals surface area contributed by atoms with Gasteiger partial charge in [0.2, 0.25) is 0 Å². The standard InChI is InChI=1S/C10H10F2O2/c1-6-8(7(2)13)4-3-5-9(6)14-10(11)12/h3-5,10H,1-2H3. The van der Waals surface area contributed by atoms with Crippen LogP contribution in [0.4, 0.5) is 8.78 Å². The first kappa shape index (κ1) is 10.6. The molecule has 0 amide bonds. The Hall–Kier alpha value is -1.45. The molecule has 0 N–H and O–H groups in total. The van der Waals surface area contributed by atoms with Crippen LogP contribution >= 0.6 is 0 Å². The van der Waals surface area contributed by atoms with Crippen molar-refractivity contribution in [3.63, 3.8) is 0 Å². The van der Waals surface area contributed by atoms with Crippen LogP contribution in [0.5, 0.6) is 5.75 Å². The maximum Gasteiger partial charge on any atom is 0.387 e. The van der Waals surface area contributed by atoms with Gasteiger partial charge in [-0.15, -0.1) is 0 Å². The van der Waals surface area contributed by atoms with Crippen LogP contribution in [0, 0.1) is 6.92 Å². The minimum Gasteiger partial charge on any atom is -0.435 e. The Morgan fingerprint density at radius 3 is 2.57 bits per heavy atom. The topological polar surface area (TPSA) is 26.3 Å². The molecule has 1 rings (SSSR count). The molecule has 14 heavy (non-hydrogen) atoms. The summed E-state index contributed by atoms with van der Waals surface area (Å²) in [6.07, 6.45) is 0. The Balaban J connectivity index is 3.07. The molecule has 4 heteroatoms. The van der Waals surface area contributed by atoms with Gasteiger partial charge in [-0.1, -0.05) is 12.1 Å². The van der Waals surface area contributed by atoms with Gasteiger partial charge in [0.1, 0.15) is 5.75 Å². The van der Waals surface area contributed by atoms with Crippen molar-refractivity contribution in [1.29, 1.82) is 0 Å². The first-order valence-corrected chi connectivity index (χ1v) is 4.07. The van der Waals surface area contributed by atoms with Crippen LogP contribution in [-0.2, 0) is 0 Å². The highest BCUT2D eigenvalue weighted by molar-refractivity contribution is 5.96. The number of halogens is 2. The van der Waals surface area contributed by atoms with E-state index in [1.54, 1.807) is 13.0 Å². The number of rotatable bonds is 3. The fraction of sp³-hybridized carbons (Fsp3) is 0.300. The minimum absolute atomic E-state index is 0.0488. The predicted octanol–water partition coefficient (Wildman–Crippen LogP) is 2.80. The summed E-state index contributed by atoms with van der Waals surface area (Å²) in [7, 11) is 0. The van der Waals surface area contributed by atoms with Gasteiger partial charge in [-0.05, 0) is 19.9 Å². The smallest absolute Gasteiger partial charge is 0.387 e. The van der Waals surface area contributed by atoms with Gasteiger partial charge >= 0.3 is 6.61 Å². The van der Waals surface area contributed by atoms with E-state index in [4.69, 9.17) is 0 Å². The van der Waals surface area contributed by atoms with Crippen molar-refractivity contribution in [2.45, 2.75) is 20.5 Å². The molecule has 76 valence electrons. The molecule has 0 heterocycles. The van der Waals surface area contributed by atoms with E-state index in [0.29, 0.717) is 11.1 Å². The molecule has 0 aromatic heterocycles. The van der Waals surface area contributed by atoms with Gasteiger partial charge in [-0.25, -0.2) is 0 Å². The van der Waals surface area contributed by atoms with Gasteiger partial charge in [0.15, 0.2) is 5.78 Å². The lowest BCUT2D eigenvalue weighted by atomic mass is 10.1. The summed E-state index contributed by atoms with van der Waals surface area (Å²) in [6, 6.07) is 4.51. The lowest BCUT2D eigenvalue weighted by Crippen LogP contribution is -2.05. The quantitative estimate of drug-likeness (QED) is 0.701. The van der Waals surface area contributed by atoms with Crippen LogP contribution in [0.3, 0.4) is 0 Å².